The highest BCUT2D eigenvalue weighted by Gasteiger charge is 2.45. The van der Waals surface area contributed by atoms with E-state index < -0.39 is 5.41 Å². The minimum atomic E-state index is -0.437. The third kappa shape index (κ3) is 4.76. The summed E-state index contributed by atoms with van der Waals surface area (Å²) in [6.07, 6.45) is 0. The Bertz CT molecular complexity index is 2670. The van der Waals surface area contributed by atoms with Crippen LogP contribution in [0, 0.1) is 0 Å². The van der Waals surface area contributed by atoms with Crippen molar-refractivity contribution in [2.45, 2.75) is 5.41 Å². The summed E-state index contributed by atoms with van der Waals surface area (Å²) in [4.78, 5) is 0. The number of hydrogen-bond acceptors (Lipinski definition) is 0. The molecule has 10 rings (SSSR count). The SMILES string of the molecule is c1ccc2c(c1)-c1ccccc1C2(c1ccc(-c2ccc(-c3ccc4ccccc4c3)cc2)cc1)c1ccc(-c2ccc3ccccc3c2)cc1. The van der Waals surface area contributed by atoms with Crippen molar-refractivity contribution < 1.29 is 0 Å². The largest absolute Gasteiger partial charge is 0.0713 e. The predicted octanol–water partition coefficient (Wildman–Crippen LogP) is 13.4. The van der Waals surface area contributed by atoms with Crippen LogP contribution in [0.3, 0.4) is 0 Å². The van der Waals surface area contributed by atoms with Gasteiger partial charge in [0.25, 0.3) is 0 Å². The first-order chi connectivity index (χ1) is 25.3. The summed E-state index contributed by atoms with van der Waals surface area (Å²) in [6, 6.07) is 76.1. The Balaban J connectivity index is 1.06. The lowest BCUT2D eigenvalue weighted by atomic mass is 9.67. The molecule has 0 atom stereocenters. The number of benzene rings is 9. The molecule has 0 N–H and O–H groups in total. The molecule has 9 aromatic rings. The molecule has 0 unspecified atom stereocenters. The molecule has 0 saturated heterocycles. The van der Waals surface area contributed by atoms with Crippen LogP contribution in [-0.2, 0) is 5.41 Å². The first-order valence-corrected chi connectivity index (χ1v) is 17.7. The van der Waals surface area contributed by atoms with Crippen LogP contribution < -0.4 is 0 Å². The molecule has 0 nitrogen and oxygen atoms in total. The van der Waals surface area contributed by atoms with Gasteiger partial charge < -0.3 is 0 Å². The van der Waals surface area contributed by atoms with Crippen LogP contribution in [-0.4, -0.2) is 0 Å². The van der Waals surface area contributed by atoms with Gasteiger partial charge in [0.05, 0.1) is 5.41 Å². The lowest BCUT2D eigenvalue weighted by Gasteiger charge is -2.34. The Labute approximate surface area is 298 Å². The summed E-state index contributed by atoms with van der Waals surface area (Å²) in [5.41, 5.74) is 14.7. The van der Waals surface area contributed by atoms with E-state index in [1.165, 1.54) is 88.3 Å². The monoisotopic (exact) mass is 646 g/mol. The summed E-state index contributed by atoms with van der Waals surface area (Å²) < 4.78 is 0. The average molecular weight is 647 g/mol. The standard InChI is InChI=1S/C51H34/c1-3-11-41-33-43(23-21-35(41)9-1)39-19-17-37(18-20-39)38-25-29-45(30-26-38)51(49-15-7-5-13-47(49)48-14-6-8-16-50(48)51)46-31-27-40(28-32-46)44-24-22-36-10-2-4-12-42(36)34-44/h1-34H. The Morgan fingerprint density at radius 3 is 0.980 bits per heavy atom. The Morgan fingerprint density at radius 1 is 0.235 bits per heavy atom. The molecule has 238 valence electrons. The van der Waals surface area contributed by atoms with Crippen LogP contribution in [0.2, 0.25) is 0 Å². The van der Waals surface area contributed by atoms with E-state index in [0.29, 0.717) is 0 Å². The zero-order chi connectivity index (χ0) is 33.8. The molecule has 51 heavy (non-hydrogen) atoms. The quantitative estimate of drug-likeness (QED) is 0.175. The minimum absolute atomic E-state index is 0.437. The maximum absolute atomic E-state index is 2.35. The van der Waals surface area contributed by atoms with E-state index in [0.717, 1.165) is 0 Å². The van der Waals surface area contributed by atoms with Gasteiger partial charge in [-0.05, 0) is 100 Å². The fraction of sp³-hybridized carbons (Fsp3) is 0.0196. The van der Waals surface area contributed by atoms with Crippen molar-refractivity contribution in [2.24, 2.45) is 0 Å². The van der Waals surface area contributed by atoms with Crippen molar-refractivity contribution in [1.82, 2.24) is 0 Å². The number of rotatable bonds is 5. The highest BCUT2D eigenvalue weighted by molar-refractivity contribution is 5.90. The Morgan fingerprint density at radius 2 is 0.549 bits per heavy atom. The van der Waals surface area contributed by atoms with Crippen LogP contribution in [0.4, 0.5) is 0 Å². The molecule has 0 amide bonds. The molecule has 0 heteroatoms. The first kappa shape index (κ1) is 29.4. The molecule has 0 saturated carbocycles. The third-order valence-electron chi connectivity index (χ3n) is 11.0. The van der Waals surface area contributed by atoms with Gasteiger partial charge in [0.1, 0.15) is 0 Å². The van der Waals surface area contributed by atoms with E-state index in [1.807, 2.05) is 0 Å². The molecule has 0 aliphatic heterocycles. The zero-order valence-corrected chi connectivity index (χ0v) is 28.1. The fourth-order valence-corrected chi connectivity index (χ4v) is 8.44. The Kier molecular flexibility index (Phi) is 6.82. The number of fused-ring (bicyclic) bond motifs is 5. The normalized spacial score (nSPS) is 12.9. The molecule has 0 bridgehead atoms. The highest BCUT2D eigenvalue weighted by atomic mass is 14.5. The maximum atomic E-state index is 2.35. The van der Waals surface area contributed by atoms with Gasteiger partial charge in [-0.25, -0.2) is 0 Å². The van der Waals surface area contributed by atoms with E-state index in [1.54, 1.807) is 0 Å². The van der Waals surface area contributed by atoms with E-state index in [2.05, 4.69) is 206 Å². The van der Waals surface area contributed by atoms with Crippen LogP contribution in [0.25, 0.3) is 66.1 Å². The lowest BCUT2D eigenvalue weighted by molar-refractivity contribution is 0.769. The molecule has 0 heterocycles. The summed E-state index contributed by atoms with van der Waals surface area (Å²) in [6.45, 7) is 0. The smallest absolute Gasteiger partial charge is 0.0619 e. The summed E-state index contributed by atoms with van der Waals surface area (Å²) in [5.74, 6) is 0. The third-order valence-corrected chi connectivity index (χ3v) is 11.0. The van der Waals surface area contributed by atoms with Crippen molar-refractivity contribution in [3.63, 3.8) is 0 Å². The van der Waals surface area contributed by atoms with Crippen LogP contribution in [0.15, 0.2) is 206 Å². The lowest BCUT2D eigenvalue weighted by Crippen LogP contribution is -2.28. The van der Waals surface area contributed by atoms with Gasteiger partial charge in [0.2, 0.25) is 0 Å². The van der Waals surface area contributed by atoms with Gasteiger partial charge in [-0.1, -0.05) is 194 Å². The fourth-order valence-electron chi connectivity index (χ4n) is 8.44. The van der Waals surface area contributed by atoms with Gasteiger partial charge in [-0.2, -0.15) is 0 Å². The van der Waals surface area contributed by atoms with Crippen molar-refractivity contribution in [2.75, 3.05) is 0 Å². The van der Waals surface area contributed by atoms with E-state index in [-0.39, 0.29) is 0 Å². The minimum Gasteiger partial charge on any atom is -0.0619 e. The van der Waals surface area contributed by atoms with Crippen LogP contribution in [0.1, 0.15) is 22.3 Å². The second kappa shape index (κ2) is 11.8. The second-order valence-corrected chi connectivity index (χ2v) is 13.7. The van der Waals surface area contributed by atoms with Gasteiger partial charge in [-0.3, -0.25) is 0 Å². The maximum Gasteiger partial charge on any atom is 0.0713 e. The number of hydrogen-bond donors (Lipinski definition) is 0. The molecule has 0 aromatic heterocycles. The van der Waals surface area contributed by atoms with Gasteiger partial charge in [0.15, 0.2) is 0 Å². The molecular weight excluding hydrogens is 613 g/mol. The first-order valence-electron chi connectivity index (χ1n) is 17.7. The summed E-state index contributed by atoms with van der Waals surface area (Å²) in [5, 5.41) is 5.06. The molecule has 0 radical (unpaired) electrons. The van der Waals surface area contributed by atoms with Crippen molar-refractivity contribution in [1.29, 1.82) is 0 Å². The topological polar surface area (TPSA) is 0 Å². The highest BCUT2D eigenvalue weighted by Crippen LogP contribution is 2.56. The van der Waals surface area contributed by atoms with E-state index in [9.17, 15) is 0 Å². The summed E-state index contributed by atoms with van der Waals surface area (Å²) in [7, 11) is 0. The molecule has 0 spiro atoms. The second-order valence-electron chi connectivity index (χ2n) is 13.7. The van der Waals surface area contributed by atoms with Gasteiger partial charge in [-0.15, -0.1) is 0 Å². The molecule has 0 fully saturated rings. The average Bonchev–Trinajstić information content (AvgIpc) is 3.52. The molecular formula is C51H34. The van der Waals surface area contributed by atoms with Crippen LogP contribution >= 0.6 is 0 Å². The van der Waals surface area contributed by atoms with Gasteiger partial charge in [0, 0.05) is 0 Å². The zero-order valence-electron chi connectivity index (χ0n) is 28.1. The van der Waals surface area contributed by atoms with Crippen molar-refractivity contribution in [3.8, 4) is 44.5 Å². The molecule has 9 aromatic carbocycles. The van der Waals surface area contributed by atoms with Crippen molar-refractivity contribution in [3.05, 3.63) is 229 Å². The summed E-state index contributed by atoms with van der Waals surface area (Å²) >= 11 is 0. The van der Waals surface area contributed by atoms with Gasteiger partial charge >= 0.3 is 0 Å². The van der Waals surface area contributed by atoms with Crippen LogP contribution in [0.5, 0.6) is 0 Å². The van der Waals surface area contributed by atoms with Crippen molar-refractivity contribution >= 4 is 21.5 Å². The molecule has 1 aliphatic rings. The Hall–Kier alpha value is -6.50. The predicted molar refractivity (Wildman–Crippen MR) is 215 cm³/mol. The van der Waals surface area contributed by atoms with E-state index >= 15 is 0 Å². The van der Waals surface area contributed by atoms with E-state index in [4.69, 9.17) is 0 Å². The molecule has 1 aliphatic carbocycles.